The molecule has 0 atom stereocenters. The largest absolute Gasteiger partial charge is 0.356 e. The molecule has 0 bridgehead atoms. The second-order valence-corrected chi connectivity index (χ2v) is 42.1. The SMILES string of the molecule is CCCCCCCCCCCCNC(=O)CCCCCNCCCCCN.CCCCCCCCCCCCNC(=O)CCCCCNCCCCCNCCC(=O)NCCCCCCCCCCCC.CCCCCCCCCCCCNC(=O)CCCCCNCCN(CCN)CCC(=O)NCCCCCCCCCCCC.CCCCCCCCCCCCNC(=O)CCN(CCN)CCCCCC. The fourth-order valence-electron chi connectivity index (χ4n) is 18.2. The van der Waals surface area contributed by atoms with E-state index in [4.69, 9.17) is 17.2 Å². The molecule has 0 heterocycles. The molecule has 848 valence electrons. The number of carbonyl (C=O) groups is 6. The van der Waals surface area contributed by atoms with E-state index >= 15 is 0 Å². The van der Waals surface area contributed by atoms with Gasteiger partial charge in [0.1, 0.15) is 0 Å². The number of amides is 6. The predicted octanol–water partition coefficient (Wildman–Crippen LogP) is 27.8. The van der Waals surface area contributed by atoms with Gasteiger partial charge in [-0.3, -0.25) is 28.8 Å². The summed E-state index contributed by atoms with van der Waals surface area (Å²) in [6.45, 7) is 36.2. The van der Waals surface area contributed by atoms with Crippen molar-refractivity contribution in [3.05, 3.63) is 0 Å². The van der Waals surface area contributed by atoms with Gasteiger partial charge in [-0.25, -0.2) is 0 Å². The summed E-state index contributed by atoms with van der Waals surface area (Å²) in [6, 6.07) is 0. The maximum Gasteiger partial charge on any atom is 0.221 e. The lowest BCUT2D eigenvalue weighted by Gasteiger charge is -2.21. The van der Waals surface area contributed by atoms with Crippen LogP contribution >= 0.6 is 0 Å². The molecule has 0 saturated heterocycles. The highest BCUT2D eigenvalue weighted by atomic mass is 16.2. The highest BCUT2D eigenvalue weighted by Crippen LogP contribution is 2.18. The van der Waals surface area contributed by atoms with E-state index in [9.17, 15) is 28.8 Å². The highest BCUT2D eigenvalue weighted by Gasteiger charge is 2.13. The maximum absolute atomic E-state index is 12.3. The Labute approximate surface area is 884 Å². The first-order chi connectivity index (χ1) is 69.9. The van der Waals surface area contributed by atoms with Crippen molar-refractivity contribution < 1.29 is 28.8 Å². The van der Waals surface area contributed by atoms with Gasteiger partial charge in [0.05, 0.1) is 0 Å². The van der Waals surface area contributed by atoms with Gasteiger partial charge in [0, 0.05) is 137 Å². The second kappa shape index (κ2) is 134. The number of nitrogens with one attached hydrogen (secondary N) is 10. The van der Waals surface area contributed by atoms with Crippen molar-refractivity contribution in [2.75, 3.05) is 151 Å². The molecule has 0 aliphatic carbocycles. The van der Waals surface area contributed by atoms with E-state index in [-0.39, 0.29) is 35.4 Å². The maximum atomic E-state index is 12.3. The molecular weight excluding hydrogens is 1760 g/mol. The summed E-state index contributed by atoms with van der Waals surface area (Å²) in [5, 5.41) is 32.5. The molecular formula is C121H253N15O6. The Morgan fingerprint density at radius 1 is 0.141 bits per heavy atom. The molecule has 0 saturated carbocycles. The van der Waals surface area contributed by atoms with Crippen LogP contribution in [0.1, 0.15) is 594 Å². The van der Waals surface area contributed by atoms with E-state index in [0.29, 0.717) is 51.6 Å². The quantitative estimate of drug-likeness (QED) is 0.0252. The van der Waals surface area contributed by atoms with Crippen molar-refractivity contribution in [3.63, 3.8) is 0 Å². The van der Waals surface area contributed by atoms with Crippen LogP contribution < -0.4 is 70.4 Å². The molecule has 0 aromatic rings. The molecule has 21 heteroatoms. The minimum absolute atomic E-state index is 0.156. The Morgan fingerprint density at radius 3 is 0.542 bits per heavy atom. The minimum Gasteiger partial charge on any atom is -0.356 e. The molecule has 0 aliphatic heterocycles. The summed E-state index contributed by atoms with van der Waals surface area (Å²) in [5.74, 6) is 1.21. The van der Waals surface area contributed by atoms with Gasteiger partial charge in [0.25, 0.3) is 0 Å². The zero-order valence-corrected chi connectivity index (χ0v) is 96.4. The smallest absolute Gasteiger partial charge is 0.221 e. The van der Waals surface area contributed by atoms with E-state index < -0.39 is 0 Å². The van der Waals surface area contributed by atoms with Gasteiger partial charge in [-0.15, -0.1) is 0 Å². The van der Waals surface area contributed by atoms with E-state index in [0.717, 1.165) is 240 Å². The van der Waals surface area contributed by atoms with Crippen LogP contribution in [0.15, 0.2) is 0 Å². The van der Waals surface area contributed by atoms with E-state index in [1.54, 1.807) is 0 Å². The van der Waals surface area contributed by atoms with Gasteiger partial charge in [-0.2, -0.15) is 0 Å². The average molecular weight is 2010 g/mol. The molecule has 0 spiro atoms. The van der Waals surface area contributed by atoms with Crippen LogP contribution in [0.25, 0.3) is 0 Å². The number of hydrogen-bond donors (Lipinski definition) is 13. The topological polar surface area (TPSA) is 307 Å². The highest BCUT2D eigenvalue weighted by molar-refractivity contribution is 5.77. The van der Waals surface area contributed by atoms with E-state index in [1.165, 1.54) is 405 Å². The average Bonchev–Trinajstić information content (AvgIpc) is 0.974. The second-order valence-electron chi connectivity index (χ2n) is 42.1. The zero-order chi connectivity index (χ0) is 104. The molecule has 0 fully saturated rings. The first-order valence-electron chi connectivity index (χ1n) is 62.9. The van der Waals surface area contributed by atoms with Crippen molar-refractivity contribution in [2.24, 2.45) is 17.2 Å². The van der Waals surface area contributed by atoms with Gasteiger partial charge >= 0.3 is 0 Å². The monoisotopic (exact) mass is 2010 g/mol. The Hall–Kier alpha value is -3.54. The summed E-state index contributed by atoms with van der Waals surface area (Å²) < 4.78 is 0. The summed E-state index contributed by atoms with van der Waals surface area (Å²) in [6.07, 6.45) is 105. The number of nitrogens with two attached hydrogens (primary N) is 3. The molecule has 0 aliphatic rings. The molecule has 0 aromatic carbocycles. The van der Waals surface area contributed by atoms with E-state index in [1.807, 2.05) is 0 Å². The van der Waals surface area contributed by atoms with Gasteiger partial charge in [0.15, 0.2) is 0 Å². The van der Waals surface area contributed by atoms with Gasteiger partial charge < -0.3 is 80.2 Å². The molecule has 0 unspecified atom stereocenters. The van der Waals surface area contributed by atoms with Crippen LogP contribution in [0.2, 0.25) is 0 Å². The van der Waals surface area contributed by atoms with Crippen LogP contribution in [-0.4, -0.2) is 196 Å². The third-order valence-corrected chi connectivity index (χ3v) is 27.8. The van der Waals surface area contributed by atoms with Crippen molar-refractivity contribution >= 4 is 35.4 Å². The van der Waals surface area contributed by atoms with Crippen LogP contribution in [0, 0.1) is 0 Å². The molecule has 142 heavy (non-hydrogen) atoms. The number of unbranched alkanes of at least 4 members (excludes halogenated alkanes) is 67. The third-order valence-electron chi connectivity index (χ3n) is 27.8. The Balaban J connectivity index is -0.000000918. The fourth-order valence-corrected chi connectivity index (χ4v) is 18.2. The zero-order valence-electron chi connectivity index (χ0n) is 96.4. The molecule has 0 aromatic heterocycles. The third kappa shape index (κ3) is 134. The van der Waals surface area contributed by atoms with Crippen molar-refractivity contribution in [2.45, 2.75) is 594 Å². The Bertz CT molecular complexity index is 2370. The van der Waals surface area contributed by atoms with Crippen LogP contribution in [0.5, 0.6) is 0 Å². The number of nitrogens with zero attached hydrogens (tertiary/aromatic N) is 2. The Morgan fingerprint density at radius 2 is 0.310 bits per heavy atom. The lowest BCUT2D eigenvalue weighted by molar-refractivity contribution is -0.122. The molecule has 0 rings (SSSR count). The number of hydrogen-bond acceptors (Lipinski definition) is 15. The molecule has 6 amide bonds. The number of carbonyl (C=O) groups excluding carboxylic acids is 6. The van der Waals surface area contributed by atoms with Crippen LogP contribution in [0.4, 0.5) is 0 Å². The predicted molar refractivity (Wildman–Crippen MR) is 622 cm³/mol. The first-order valence-corrected chi connectivity index (χ1v) is 62.9. The van der Waals surface area contributed by atoms with E-state index in [2.05, 4.69) is 111 Å². The minimum atomic E-state index is 0.156. The number of rotatable bonds is 116. The summed E-state index contributed by atoms with van der Waals surface area (Å²) in [5.41, 5.74) is 17.0. The standard InChI is InChI=1S/C38H78N4O2.C37H77N5O2.2C23H49N3O/c1-3-5-7-9-11-13-15-17-19-27-34-41-37(43)29-23-21-24-31-39-32-25-22-26-33-40-36-30-38(44)42-35-28-20-18-16-14-12-10-8-6-4-2;1-3-5-7-9-11-13-15-17-19-24-30-40-36(43)26-22-21-23-29-39-32-35-42(34-28-38)33-27-37(44)41-31-25-20-18-16-14-12-10-8-6-4-2;1-3-5-7-9-10-11-12-13-14-15-19-25-23(27)17-21-26(22-18-24)20-16-8-6-4-2;1-2-3-4-5-6-7-8-9-10-17-22-26-23(27)18-13-11-15-20-25-21-16-12-14-19-24/h39-40H,3-36H2,1-2H3,(H,41,43)(H,42,44);39H,3-35,38H2,1-2H3,(H,40,43)(H,41,44);3-22,24H2,1-2H3,(H,25,27);25H,2-22,24H2,1H3,(H,26,27). The summed E-state index contributed by atoms with van der Waals surface area (Å²) in [4.78, 5) is 76.8. The normalized spacial score (nSPS) is 11.2. The molecule has 21 nitrogen and oxygen atoms in total. The van der Waals surface area contributed by atoms with Crippen molar-refractivity contribution in [3.8, 4) is 0 Å². The molecule has 0 radical (unpaired) electrons. The Kier molecular flexibility index (Phi) is 136. The molecule has 16 N–H and O–H groups in total. The van der Waals surface area contributed by atoms with Gasteiger partial charge in [-0.05, 0) is 162 Å². The van der Waals surface area contributed by atoms with Gasteiger partial charge in [-0.1, -0.05) is 447 Å². The van der Waals surface area contributed by atoms with Gasteiger partial charge in [0.2, 0.25) is 35.4 Å². The lowest BCUT2D eigenvalue weighted by atomic mass is 10.1. The van der Waals surface area contributed by atoms with Crippen molar-refractivity contribution in [1.29, 1.82) is 0 Å². The fraction of sp³-hybridized carbons (Fsp3) is 0.950. The lowest BCUT2D eigenvalue weighted by Crippen LogP contribution is -2.38. The van der Waals surface area contributed by atoms with Crippen molar-refractivity contribution in [1.82, 2.24) is 63.0 Å². The summed E-state index contributed by atoms with van der Waals surface area (Å²) >= 11 is 0. The first kappa shape index (κ1) is 145. The van der Waals surface area contributed by atoms with Crippen LogP contribution in [0.3, 0.4) is 0 Å². The van der Waals surface area contributed by atoms with Crippen LogP contribution in [-0.2, 0) is 28.8 Å². The summed E-state index contributed by atoms with van der Waals surface area (Å²) in [7, 11) is 0.